The molecule has 208 valence electrons. The van der Waals surface area contributed by atoms with E-state index in [9.17, 15) is 37.6 Å². The minimum absolute atomic E-state index is 0.101. The highest BCUT2D eigenvalue weighted by atomic mass is 19.4. The van der Waals surface area contributed by atoms with E-state index >= 15 is 0 Å². The monoisotopic (exact) mass is 529 g/mol. The van der Waals surface area contributed by atoms with Gasteiger partial charge in [-0.25, -0.2) is 0 Å². The Balaban J connectivity index is 2.17. The van der Waals surface area contributed by atoms with Crippen LogP contribution in [0, 0.1) is 28.6 Å². The molecule has 0 spiro atoms. The SMILES string of the molecule is CN(C(=O)C(NC(=O)C(F)(F)F)C(C)(C)C)[C@@H](CC1CC1)C(=O)N[C@H](C#N)C[C@@H]1CCC(C)(C)NC1=O. The molecule has 2 aliphatic rings. The first-order chi connectivity index (χ1) is 16.9. The molecule has 0 aromatic heterocycles. The van der Waals surface area contributed by atoms with E-state index < -0.39 is 53.4 Å². The molecule has 1 heterocycles. The topological polar surface area (TPSA) is 131 Å². The fourth-order valence-corrected chi connectivity index (χ4v) is 4.41. The van der Waals surface area contributed by atoms with Gasteiger partial charge in [-0.15, -0.1) is 0 Å². The molecule has 4 atom stereocenters. The number of halogens is 3. The molecule has 1 saturated carbocycles. The summed E-state index contributed by atoms with van der Waals surface area (Å²) in [5.74, 6) is -4.19. The van der Waals surface area contributed by atoms with Crippen molar-refractivity contribution in [3.63, 3.8) is 0 Å². The minimum atomic E-state index is -5.17. The molecule has 1 unspecified atom stereocenters. The van der Waals surface area contributed by atoms with Crippen LogP contribution in [0.1, 0.15) is 73.1 Å². The van der Waals surface area contributed by atoms with Crippen molar-refractivity contribution in [2.45, 2.75) is 103 Å². The zero-order valence-electron chi connectivity index (χ0n) is 22.3. The molecule has 4 amide bonds. The Morgan fingerprint density at radius 1 is 1.14 bits per heavy atom. The number of likely N-dealkylation sites (N-methyl/N-ethyl adjacent to an activating group) is 1. The van der Waals surface area contributed by atoms with Crippen molar-refractivity contribution in [1.29, 1.82) is 5.26 Å². The quantitative estimate of drug-likeness (QED) is 0.422. The lowest BCUT2D eigenvalue weighted by Crippen LogP contribution is -2.60. The van der Waals surface area contributed by atoms with Gasteiger partial charge in [0.2, 0.25) is 17.7 Å². The van der Waals surface area contributed by atoms with Crippen molar-refractivity contribution in [1.82, 2.24) is 20.9 Å². The van der Waals surface area contributed by atoms with Crippen molar-refractivity contribution in [2.75, 3.05) is 7.05 Å². The first kappa shape index (κ1) is 30.4. The number of piperidine rings is 1. The molecule has 0 aromatic rings. The van der Waals surface area contributed by atoms with Crippen molar-refractivity contribution >= 4 is 23.6 Å². The highest BCUT2D eigenvalue weighted by molar-refractivity contribution is 5.93. The molecular weight excluding hydrogens is 491 g/mol. The number of hydrogen-bond acceptors (Lipinski definition) is 5. The maximum absolute atomic E-state index is 13.3. The van der Waals surface area contributed by atoms with Gasteiger partial charge < -0.3 is 20.9 Å². The molecule has 1 aliphatic carbocycles. The summed E-state index contributed by atoms with van der Waals surface area (Å²) in [7, 11) is 1.31. The van der Waals surface area contributed by atoms with E-state index in [1.54, 1.807) is 5.32 Å². The molecule has 2 rings (SSSR count). The van der Waals surface area contributed by atoms with Crippen LogP contribution in [-0.2, 0) is 19.2 Å². The number of nitriles is 1. The number of carbonyl (C=O) groups is 4. The Hall–Kier alpha value is -2.84. The summed E-state index contributed by atoms with van der Waals surface area (Å²) in [5.41, 5.74) is -1.42. The van der Waals surface area contributed by atoms with E-state index in [2.05, 4.69) is 10.6 Å². The van der Waals surface area contributed by atoms with Crippen LogP contribution in [-0.4, -0.2) is 65.4 Å². The van der Waals surface area contributed by atoms with Crippen molar-refractivity contribution in [3.05, 3.63) is 0 Å². The summed E-state index contributed by atoms with van der Waals surface area (Å²) >= 11 is 0. The third kappa shape index (κ3) is 8.61. The number of amides is 4. The molecule has 0 aromatic carbocycles. The molecule has 3 N–H and O–H groups in total. The first-order valence-electron chi connectivity index (χ1n) is 12.5. The maximum atomic E-state index is 13.3. The van der Waals surface area contributed by atoms with Crippen LogP contribution >= 0.6 is 0 Å². The van der Waals surface area contributed by atoms with Gasteiger partial charge in [-0.3, -0.25) is 19.2 Å². The molecule has 0 bridgehead atoms. The lowest BCUT2D eigenvalue weighted by Gasteiger charge is -2.37. The second-order valence-electron chi connectivity index (χ2n) is 11.9. The third-order valence-corrected chi connectivity index (χ3v) is 6.96. The summed E-state index contributed by atoms with van der Waals surface area (Å²) in [6, 6.07) is -1.57. The van der Waals surface area contributed by atoms with Gasteiger partial charge >= 0.3 is 12.1 Å². The summed E-state index contributed by atoms with van der Waals surface area (Å²) in [5, 5.41) is 17.0. The average Bonchev–Trinajstić information content (AvgIpc) is 3.58. The zero-order chi connectivity index (χ0) is 28.3. The zero-order valence-corrected chi connectivity index (χ0v) is 22.3. The standard InChI is InChI=1S/C25H38F3N5O4/c1-23(2,3)18(31-22(37)25(26,27)28)21(36)33(6)17(11-14-7-8-14)20(35)30-16(13-29)12-15-9-10-24(4,5)32-19(15)34/h14-18H,7-12H2,1-6H3,(H,30,35)(H,31,37)(H,32,34)/t15-,16-,17-,18?/m0/s1. The number of nitrogens with one attached hydrogen (secondary N) is 3. The largest absolute Gasteiger partial charge is 0.471 e. The predicted octanol–water partition coefficient (Wildman–Crippen LogP) is 2.41. The van der Waals surface area contributed by atoms with E-state index in [4.69, 9.17) is 0 Å². The molecule has 9 nitrogen and oxygen atoms in total. The van der Waals surface area contributed by atoms with Crippen LogP contribution in [0.2, 0.25) is 0 Å². The normalized spacial score (nSPS) is 22.1. The minimum Gasteiger partial charge on any atom is -0.351 e. The molecule has 1 aliphatic heterocycles. The summed E-state index contributed by atoms with van der Waals surface area (Å²) < 4.78 is 38.7. The second-order valence-corrected chi connectivity index (χ2v) is 11.9. The fourth-order valence-electron chi connectivity index (χ4n) is 4.41. The number of hydrogen-bond donors (Lipinski definition) is 3. The van der Waals surface area contributed by atoms with Crippen LogP contribution in [0.5, 0.6) is 0 Å². The van der Waals surface area contributed by atoms with E-state index in [0.29, 0.717) is 6.42 Å². The van der Waals surface area contributed by atoms with E-state index in [0.717, 1.165) is 24.2 Å². The van der Waals surface area contributed by atoms with Crippen LogP contribution < -0.4 is 16.0 Å². The Kier molecular flexibility index (Phi) is 9.26. The van der Waals surface area contributed by atoms with Crippen LogP contribution in [0.15, 0.2) is 0 Å². The first-order valence-corrected chi connectivity index (χ1v) is 12.5. The van der Waals surface area contributed by atoms with Gasteiger partial charge in [0.15, 0.2) is 0 Å². The average molecular weight is 530 g/mol. The Morgan fingerprint density at radius 2 is 1.73 bits per heavy atom. The third-order valence-electron chi connectivity index (χ3n) is 6.96. The summed E-state index contributed by atoms with van der Waals surface area (Å²) in [6.07, 6.45) is -1.83. The summed E-state index contributed by atoms with van der Waals surface area (Å²) in [4.78, 5) is 51.7. The molecule has 1 saturated heterocycles. The van der Waals surface area contributed by atoms with Crippen molar-refractivity contribution in [2.24, 2.45) is 17.3 Å². The predicted molar refractivity (Wildman–Crippen MR) is 128 cm³/mol. The lowest BCUT2D eigenvalue weighted by atomic mass is 9.83. The van der Waals surface area contributed by atoms with Crippen molar-refractivity contribution < 1.29 is 32.3 Å². The molecule has 37 heavy (non-hydrogen) atoms. The van der Waals surface area contributed by atoms with E-state index in [-0.39, 0.29) is 30.2 Å². The number of nitrogens with zero attached hydrogens (tertiary/aromatic N) is 2. The van der Waals surface area contributed by atoms with Crippen LogP contribution in [0.4, 0.5) is 13.2 Å². The Bertz CT molecular complexity index is 934. The van der Waals surface area contributed by atoms with Gasteiger partial charge in [-0.05, 0) is 50.9 Å². The molecule has 0 radical (unpaired) electrons. The summed E-state index contributed by atoms with van der Waals surface area (Å²) in [6.45, 7) is 8.35. The Labute approximate surface area is 215 Å². The van der Waals surface area contributed by atoms with Gasteiger partial charge in [0.1, 0.15) is 18.1 Å². The Morgan fingerprint density at radius 3 is 2.19 bits per heavy atom. The number of rotatable bonds is 9. The maximum Gasteiger partial charge on any atom is 0.471 e. The fraction of sp³-hybridized carbons (Fsp3) is 0.800. The van der Waals surface area contributed by atoms with Crippen molar-refractivity contribution in [3.8, 4) is 6.07 Å². The highest BCUT2D eigenvalue weighted by Gasteiger charge is 2.46. The molecular formula is C25H38F3N5O4. The number of carbonyl (C=O) groups excluding carboxylic acids is 4. The van der Waals surface area contributed by atoms with E-state index in [1.165, 1.54) is 27.8 Å². The van der Waals surface area contributed by atoms with Crippen LogP contribution in [0.3, 0.4) is 0 Å². The van der Waals surface area contributed by atoms with E-state index in [1.807, 2.05) is 19.9 Å². The highest BCUT2D eigenvalue weighted by Crippen LogP contribution is 2.35. The van der Waals surface area contributed by atoms with Crippen LogP contribution in [0.25, 0.3) is 0 Å². The van der Waals surface area contributed by atoms with Gasteiger partial charge in [0.05, 0.1) is 6.07 Å². The van der Waals surface area contributed by atoms with Gasteiger partial charge in [-0.2, -0.15) is 18.4 Å². The van der Waals surface area contributed by atoms with Gasteiger partial charge in [0.25, 0.3) is 0 Å². The van der Waals surface area contributed by atoms with Gasteiger partial charge in [0, 0.05) is 18.5 Å². The number of alkyl halides is 3. The second kappa shape index (κ2) is 11.3. The van der Waals surface area contributed by atoms with Gasteiger partial charge in [-0.1, -0.05) is 33.6 Å². The molecule has 12 heteroatoms. The lowest BCUT2D eigenvalue weighted by molar-refractivity contribution is -0.176. The smallest absolute Gasteiger partial charge is 0.351 e. The molecule has 2 fully saturated rings.